The van der Waals surface area contributed by atoms with Gasteiger partial charge in [0, 0.05) is 24.0 Å². The zero-order valence-corrected chi connectivity index (χ0v) is 14.6. The van der Waals surface area contributed by atoms with Gasteiger partial charge in [-0.3, -0.25) is 9.59 Å². The normalized spacial score (nSPS) is 10.6. The number of fused-ring (bicyclic) bond motifs is 1. The summed E-state index contributed by atoms with van der Waals surface area (Å²) in [4.78, 5) is 24.0. The van der Waals surface area contributed by atoms with Gasteiger partial charge in [-0.05, 0) is 46.2 Å². The Balaban J connectivity index is 1.54. The second-order valence-electron chi connectivity index (χ2n) is 5.56. The van der Waals surface area contributed by atoms with E-state index in [2.05, 4.69) is 10.6 Å². The number of anilines is 1. The average Bonchev–Trinajstić information content (AvgIpc) is 3.09. The molecule has 5 nitrogen and oxygen atoms in total. The van der Waals surface area contributed by atoms with Crippen molar-refractivity contribution in [2.45, 2.75) is 13.2 Å². The SMILES string of the molecule is COCc1ccc(CNC(=O)C(=O)Nc2ccc3sccc3c2)cc1. The highest BCUT2D eigenvalue weighted by Crippen LogP contribution is 2.23. The van der Waals surface area contributed by atoms with E-state index in [9.17, 15) is 9.59 Å². The first-order valence-corrected chi connectivity index (χ1v) is 8.67. The van der Waals surface area contributed by atoms with Crippen molar-refractivity contribution in [1.29, 1.82) is 0 Å². The van der Waals surface area contributed by atoms with E-state index in [0.717, 1.165) is 21.2 Å². The zero-order chi connectivity index (χ0) is 17.6. The van der Waals surface area contributed by atoms with Gasteiger partial charge >= 0.3 is 11.8 Å². The second kappa shape index (κ2) is 7.92. The minimum Gasteiger partial charge on any atom is -0.380 e. The molecule has 3 rings (SSSR count). The van der Waals surface area contributed by atoms with Crippen molar-refractivity contribution in [1.82, 2.24) is 5.32 Å². The lowest BCUT2D eigenvalue weighted by Gasteiger charge is -2.07. The average molecular weight is 354 g/mol. The van der Waals surface area contributed by atoms with Gasteiger partial charge in [0.1, 0.15) is 0 Å². The summed E-state index contributed by atoms with van der Waals surface area (Å²) >= 11 is 1.63. The summed E-state index contributed by atoms with van der Waals surface area (Å²) in [6, 6.07) is 15.2. The van der Waals surface area contributed by atoms with Gasteiger partial charge in [-0.25, -0.2) is 0 Å². The van der Waals surface area contributed by atoms with Crippen LogP contribution in [0.3, 0.4) is 0 Å². The topological polar surface area (TPSA) is 67.4 Å². The largest absolute Gasteiger partial charge is 0.380 e. The molecule has 0 aliphatic carbocycles. The number of benzene rings is 2. The quantitative estimate of drug-likeness (QED) is 0.691. The third-order valence-electron chi connectivity index (χ3n) is 3.70. The Labute approximate surface area is 149 Å². The van der Waals surface area contributed by atoms with Crippen molar-refractivity contribution in [3.05, 3.63) is 65.0 Å². The summed E-state index contributed by atoms with van der Waals surface area (Å²) < 4.78 is 6.19. The van der Waals surface area contributed by atoms with Crippen molar-refractivity contribution in [2.75, 3.05) is 12.4 Å². The molecule has 0 spiro atoms. The van der Waals surface area contributed by atoms with E-state index >= 15 is 0 Å². The van der Waals surface area contributed by atoms with E-state index < -0.39 is 11.8 Å². The van der Waals surface area contributed by atoms with Gasteiger partial charge in [-0.1, -0.05) is 24.3 Å². The summed E-state index contributed by atoms with van der Waals surface area (Å²) in [7, 11) is 1.64. The standard InChI is InChI=1S/C19H18N2O3S/c1-24-12-14-4-2-13(3-5-14)11-20-18(22)19(23)21-16-6-7-17-15(10-16)8-9-25-17/h2-10H,11-12H2,1H3,(H,20,22)(H,21,23). The smallest absolute Gasteiger partial charge is 0.313 e. The molecule has 0 radical (unpaired) electrons. The van der Waals surface area contributed by atoms with Gasteiger partial charge in [0.15, 0.2) is 0 Å². The molecule has 0 bridgehead atoms. The van der Waals surface area contributed by atoms with Crippen LogP contribution in [0.1, 0.15) is 11.1 Å². The molecule has 1 heterocycles. The van der Waals surface area contributed by atoms with Crippen LogP contribution in [0.25, 0.3) is 10.1 Å². The maximum atomic E-state index is 12.0. The van der Waals surface area contributed by atoms with Crippen molar-refractivity contribution in [2.24, 2.45) is 0 Å². The number of thiophene rings is 1. The molecule has 128 valence electrons. The molecule has 6 heteroatoms. The predicted molar refractivity (Wildman–Crippen MR) is 99.5 cm³/mol. The van der Waals surface area contributed by atoms with Crippen LogP contribution in [0.15, 0.2) is 53.9 Å². The van der Waals surface area contributed by atoms with Crippen LogP contribution in [-0.2, 0) is 27.5 Å². The van der Waals surface area contributed by atoms with Crippen LogP contribution < -0.4 is 10.6 Å². The lowest BCUT2D eigenvalue weighted by atomic mass is 10.1. The molecule has 2 amide bonds. The monoisotopic (exact) mass is 354 g/mol. The maximum Gasteiger partial charge on any atom is 0.313 e. The number of carbonyl (C=O) groups excluding carboxylic acids is 2. The Morgan fingerprint density at radius 1 is 1.00 bits per heavy atom. The molecule has 0 saturated carbocycles. The number of ether oxygens (including phenoxy) is 1. The van der Waals surface area contributed by atoms with Gasteiger partial charge in [-0.2, -0.15) is 0 Å². The molecule has 0 atom stereocenters. The van der Waals surface area contributed by atoms with E-state index in [0.29, 0.717) is 18.8 Å². The second-order valence-corrected chi connectivity index (χ2v) is 6.51. The Bertz CT molecular complexity index is 887. The van der Waals surface area contributed by atoms with Gasteiger partial charge in [0.2, 0.25) is 0 Å². The molecule has 0 unspecified atom stereocenters. The fourth-order valence-electron chi connectivity index (χ4n) is 2.41. The van der Waals surface area contributed by atoms with E-state index in [-0.39, 0.29) is 0 Å². The van der Waals surface area contributed by atoms with Crippen LogP contribution in [0.4, 0.5) is 5.69 Å². The highest BCUT2D eigenvalue weighted by molar-refractivity contribution is 7.17. The molecule has 0 aliphatic heterocycles. The fraction of sp³-hybridized carbons (Fsp3) is 0.158. The van der Waals surface area contributed by atoms with Crippen molar-refractivity contribution in [3.8, 4) is 0 Å². The molecule has 0 fully saturated rings. The van der Waals surface area contributed by atoms with Gasteiger partial charge < -0.3 is 15.4 Å². The molecular formula is C19H18N2O3S. The summed E-state index contributed by atoms with van der Waals surface area (Å²) in [5.41, 5.74) is 2.58. The number of rotatable bonds is 5. The number of carbonyl (C=O) groups is 2. The summed E-state index contributed by atoms with van der Waals surface area (Å²) in [5, 5.41) is 8.27. The van der Waals surface area contributed by atoms with Gasteiger partial charge in [0.05, 0.1) is 6.61 Å². The van der Waals surface area contributed by atoms with Crippen LogP contribution in [0.2, 0.25) is 0 Å². The predicted octanol–water partition coefficient (Wildman–Crippen LogP) is 3.30. The van der Waals surface area contributed by atoms with E-state index in [1.54, 1.807) is 24.5 Å². The first kappa shape index (κ1) is 17.1. The van der Waals surface area contributed by atoms with Crippen molar-refractivity contribution >= 4 is 38.9 Å². The first-order valence-electron chi connectivity index (χ1n) is 7.79. The summed E-state index contributed by atoms with van der Waals surface area (Å²) in [6.45, 7) is 0.840. The fourth-order valence-corrected chi connectivity index (χ4v) is 3.19. The van der Waals surface area contributed by atoms with Gasteiger partial charge in [-0.15, -0.1) is 11.3 Å². The van der Waals surface area contributed by atoms with Crippen LogP contribution in [-0.4, -0.2) is 18.9 Å². The number of methoxy groups -OCH3 is 1. The van der Waals surface area contributed by atoms with E-state index in [4.69, 9.17) is 4.74 Å². The summed E-state index contributed by atoms with van der Waals surface area (Å²) in [6.07, 6.45) is 0. The van der Waals surface area contributed by atoms with E-state index in [1.807, 2.05) is 47.8 Å². The molecular weight excluding hydrogens is 336 g/mol. The third-order valence-corrected chi connectivity index (χ3v) is 4.60. The Kier molecular flexibility index (Phi) is 5.42. The minimum atomic E-state index is -0.675. The number of nitrogens with one attached hydrogen (secondary N) is 2. The summed E-state index contributed by atoms with van der Waals surface area (Å²) in [5.74, 6) is -1.34. The lowest BCUT2D eigenvalue weighted by Crippen LogP contribution is -2.34. The first-order chi connectivity index (χ1) is 12.2. The van der Waals surface area contributed by atoms with Crippen LogP contribution in [0, 0.1) is 0 Å². The highest BCUT2D eigenvalue weighted by Gasteiger charge is 2.13. The zero-order valence-electron chi connectivity index (χ0n) is 13.7. The molecule has 1 aromatic heterocycles. The van der Waals surface area contributed by atoms with Crippen LogP contribution >= 0.6 is 11.3 Å². The maximum absolute atomic E-state index is 12.0. The van der Waals surface area contributed by atoms with E-state index in [1.165, 1.54) is 0 Å². The minimum absolute atomic E-state index is 0.295. The molecule has 2 aromatic carbocycles. The molecule has 2 N–H and O–H groups in total. The Morgan fingerprint density at radius 3 is 2.52 bits per heavy atom. The molecule has 25 heavy (non-hydrogen) atoms. The number of hydrogen-bond acceptors (Lipinski definition) is 4. The molecule has 0 aliphatic rings. The van der Waals surface area contributed by atoms with Crippen LogP contribution in [0.5, 0.6) is 0 Å². The molecule has 3 aromatic rings. The highest BCUT2D eigenvalue weighted by atomic mass is 32.1. The third kappa shape index (κ3) is 4.43. The molecule has 0 saturated heterocycles. The number of amides is 2. The van der Waals surface area contributed by atoms with Gasteiger partial charge in [0.25, 0.3) is 0 Å². The Hall–Kier alpha value is -2.70. The lowest BCUT2D eigenvalue weighted by molar-refractivity contribution is -0.136. The van der Waals surface area contributed by atoms with Crippen molar-refractivity contribution in [3.63, 3.8) is 0 Å². The number of hydrogen-bond donors (Lipinski definition) is 2. The van der Waals surface area contributed by atoms with Crippen molar-refractivity contribution < 1.29 is 14.3 Å². The Morgan fingerprint density at radius 2 is 1.76 bits per heavy atom.